The Morgan fingerprint density at radius 2 is 1.18 bits per heavy atom. The SMILES string of the molecule is NC(=O)[C@H](Cc1ccccc1)NC(=O)[C@H](CCCN=C(N)N)NC(=O)C(c1ccccc1)c1ccccc1.O=C(O)C(F)(F)F. The molecular formula is C31H35F3N6O5. The lowest BCUT2D eigenvalue weighted by Gasteiger charge is -2.25. The molecule has 0 saturated heterocycles. The van der Waals surface area contributed by atoms with Gasteiger partial charge in [0.25, 0.3) is 0 Å². The first-order valence-corrected chi connectivity index (χ1v) is 13.7. The number of guanidine groups is 1. The van der Waals surface area contributed by atoms with E-state index in [0.717, 1.165) is 16.7 Å². The smallest absolute Gasteiger partial charge is 0.475 e. The van der Waals surface area contributed by atoms with Crippen LogP contribution in [-0.2, 0) is 25.6 Å². The van der Waals surface area contributed by atoms with Crippen LogP contribution < -0.4 is 27.8 Å². The molecule has 3 aromatic rings. The van der Waals surface area contributed by atoms with Crippen LogP contribution in [0, 0.1) is 0 Å². The van der Waals surface area contributed by atoms with E-state index in [1.165, 1.54) is 0 Å². The average Bonchev–Trinajstić information content (AvgIpc) is 2.99. The molecule has 0 heterocycles. The summed E-state index contributed by atoms with van der Waals surface area (Å²) in [6, 6.07) is 26.0. The second kappa shape index (κ2) is 17.7. The minimum atomic E-state index is -5.08. The molecule has 14 heteroatoms. The van der Waals surface area contributed by atoms with Crippen molar-refractivity contribution >= 4 is 29.7 Å². The molecule has 0 aliphatic heterocycles. The van der Waals surface area contributed by atoms with Crippen molar-refractivity contribution in [1.29, 1.82) is 0 Å². The number of halogens is 3. The van der Waals surface area contributed by atoms with Crippen molar-refractivity contribution in [1.82, 2.24) is 10.6 Å². The van der Waals surface area contributed by atoms with Crippen LogP contribution in [0.1, 0.15) is 35.4 Å². The lowest BCUT2D eigenvalue weighted by atomic mass is 9.90. The molecule has 2 atom stereocenters. The number of benzene rings is 3. The molecule has 11 nitrogen and oxygen atoms in total. The number of carbonyl (C=O) groups excluding carboxylic acids is 3. The Labute approximate surface area is 257 Å². The zero-order valence-corrected chi connectivity index (χ0v) is 24.1. The predicted molar refractivity (Wildman–Crippen MR) is 162 cm³/mol. The number of aliphatic imine (C=N–C) groups is 1. The first kappa shape index (κ1) is 35.8. The standard InChI is InChI=1S/C29H34N6O3.C2HF3O2/c30-26(36)24(19-20-11-4-1-5-12-20)35-27(37)23(17-10-18-33-29(31)32)34-28(38)25(21-13-6-2-7-14-21)22-15-8-3-9-16-22;3-2(4,5)1(6)7/h1-9,11-16,23-25H,10,17-19H2,(H2,30,36)(H,34,38)(H,35,37)(H4,31,32,33);(H,6,7)/t23-,24-;/m0./s1. The molecule has 3 amide bonds. The topological polar surface area (TPSA) is 203 Å². The van der Waals surface area contributed by atoms with Gasteiger partial charge in [0.2, 0.25) is 17.7 Å². The van der Waals surface area contributed by atoms with Gasteiger partial charge < -0.3 is 32.9 Å². The number of nitrogens with zero attached hydrogens (tertiary/aromatic N) is 1. The molecule has 0 fully saturated rings. The van der Waals surface area contributed by atoms with Gasteiger partial charge in [-0.2, -0.15) is 13.2 Å². The van der Waals surface area contributed by atoms with Crippen LogP contribution in [0.5, 0.6) is 0 Å². The number of aliphatic carboxylic acids is 1. The summed E-state index contributed by atoms with van der Waals surface area (Å²) in [6.07, 6.45) is -4.17. The third-order valence-electron chi connectivity index (χ3n) is 6.29. The van der Waals surface area contributed by atoms with Gasteiger partial charge in [-0.25, -0.2) is 4.79 Å². The summed E-state index contributed by atoms with van der Waals surface area (Å²) in [5.74, 6) is -4.97. The van der Waals surface area contributed by atoms with Crippen molar-refractivity contribution in [2.45, 2.75) is 43.4 Å². The van der Waals surface area contributed by atoms with Crippen molar-refractivity contribution in [3.05, 3.63) is 108 Å². The Morgan fingerprint density at radius 3 is 1.60 bits per heavy atom. The molecule has 0 aliphatic rings. The zero-order valence-electron chi connectivity index (χ0n) is 24.1. The number of alkyl halides is 3. The Kier molecular flexibility index (Phi) is 14.0. The highest BCUT2D eigenvalue weighted by atomic mass is 19.4. The maximum Gasteiger partial charge on any atom is 0.490 e. The molecule has 45 heavy (non-hydrogen) atoms. The summed E-state index contributed by atoms with van der Waals surface area (Å²) in [6.45, 7) is 0.284. The van der Waals surface area contributed by atoms with Crippen LogP contribution in [0.15, 0.2) is 96.0 Å². The number of primary amides is 1. The van der Waals surface area contributed by atoms with Crippen LogP contribution in [0.25, 0.3) is 0 Å². The summed E-state index contributed by atoms with van der Waals surface area (Å²) >= 11 is 0. The van der Waals surface area contributed by atoms with E-state index < -0.39 is 42.0 Å². The van der Waals surface area contributed by atoms with E-state index in [1.54, 1.807) is 0 Å². The molecule has 0 bridgehead atoms. The van der Waals surface area contributed by atoms with E-state index in [2.05, 4.69) is 15.6 Å². The molecule has 0 radical (unpaired) electrons. The Balaban J connectivity index is 0.000000900. The number of carbonyl (C=O) groups is 4. The van der Waals surface area contributed by atoms with Crippen molar-refractivity contribution in [3.63, 3.8) is 0 Å². The zero-order chi connectivity index (χ0) is 33.4. The van der Waals surface area contributed by atoms with Gasteiger partial charge in [0, 0.05) is 13.0 Å². The maximum atomic E-state index is 13.7. The van der Waals surface area contributed by atoms with E-state index in [-0.39, 0.29) is 31.3 Å². The van der Waals surface area contributed by atoms with Crippen molar-refractivity contribution in [2.75, 3.05) is 6.54 Å². The number of nitrogens with two attached hydrogens (primary N) is 3. The van der Waals surface area contributed by atoms with Gasteiger partial charge in [0.1, 0.15) is 12.1 Å². The van der Waals surface area contributed by atoms with Gasteiger partial charge in [-0.05, 0) is 29.5 Å². The Morgan fingerprint density at radius 1 is 0.733 bits per heavy atom. The normalized spacial score (nSPS) is 12.1. The first-order chi connectivity index (χ1) is 21.3. The van der Waals surface area contributed by atoms with E-state index >= 15 is 0 Å². The van der Waals surface area contributed by atoms with Gasteiger partial charge >= 0.3 is 12.1 Å². The lowest BCUT2D eigenvalue weighted by Crippen LogP contribution is -2.54. The molecule has 0 spiro atoms. The Hall–Kier alpha value is -5.40. The lowest BCUT2D eigenvalue weighted by molar-refractivity contribution is -0.192. The fourth-order valence-electron chi connectivity index (χ4n) is 4.16. The minimum Gasteiger partial charge on any atom is -0.475 e. The number of carboxylic acid groups (broad SMARTS) is 1. The van der Waals surface area contributed by atoms with E-state index in [4.69, 9.17) is 27.1 Å². The first-order valence-electron chi connectivity index (χ1n) is 13.7. The average molecular weight is 629 g/mol. The maximum absolute atomic E-state index is 13.7. The van der Waals surface area contributed by atoms with Crippen LogP contribution in [-0.4, -0.2) is 59.6 Å². The quantitative estimate of drug-likeness (QED) is 0.0945. The van der Waals surface area contributed by atoms with Crippen LogP contribution >= 0.6 is 0 Å². The number of amides is 3. The van der Waals surface area contributed by atoms with Crippen molar-refractivity contribution < 1.29 is 37.5 Å². The number of rotatable bonds is 13. The molecule has 3 rings (SSSR count). The van der Waals surface area contributed by atoms with E-state index in [1.807, 2.05) is 91.0 Å². The summed E-state index contributed by atoms with van der Waals surface area (Å²) in [5.41, 5.74) is 18.9. The van der Waals surface area contributed by atoms with Gasteiger partial charge in [-0.15, -0.1) is 0 Å². The fourth-order valence-corrected chi connectivity index (χ4v) is 4.16. The number of hydrogen-bond donors (Lipinski definition) is 6. The molecule has 0 aromatic heterocycles. The van der Waals surface area contributed by atoms with Gasteiger partial charge in [0.05, 0.1) is 5.92 Å². The predicted octanol–water partition coefficient (Wildman–Crippen LogP) is 2.20. The number of nitrogens with one attached hydrogen (secondary N) is 2. The third-order valence-corrected chi connectivity index (χ3v) is 6.29. The highest BCUT2D eigenvalue weighted by Crippen LogP contribution is 2.25. The third kappa shape index (κ3) is 12.8. The molecule has 240 valence electrons. The van der Waals surface area contributed by atoms with Gasteiger partial charge in [0.15, 0.2) is 5.96 Å². The second-order valence-corrected chi connectivity index (χ2v) is 9.72. The number of hydrogen-bond acceptors (Lipinski definition) is 5. The molecule has 0 aliphatic carbocycles. The Bertz CT molecular complexity index is 1380. The van der Waals surface area contributed by atoms with Crippen LogP contribution in [0.3, 0.4) is 0 Å². The highest BCUT2D eigenvalue weighted by molar-refractivity contribution is 5.94. The largest absolute Gasteiger partial charge is 0.490 e. The molecule has 0 saturated carbocycles. The summed E-state index contributed by atoms with van der Waals surface area (Å²) in [5, 5.41) is 12.7. The molecule has 3 aromatic carbocycles. The van der Waals surface area contributed by atoms with E-state index in [9.17, 15) is 27.6 Å². The fraction of sp³-hybridized carbons (Fsp3) is 0.258. The van der Waals surface area contributed by atoms with Crippen molar-refractivity contribution in [3.8, 4) is 0 Å². The second-order valence-electron chi connectivity index (χ2n) is 9.72. The van der Waals surface area contributed by atoms with Crippen LogP contribution in [0.4, 0.5) is 13.2 Å². The molecule has 0 unspecified atom stereocenters. The van der Waals surface area contributed by atoms with Crippen molar-refractivity contribution in [2.24, 2.45) is 22.2 Å². The van der Waals surface area contributed by atoms with Gasteiger partial charge in [-0.1, -0.05) is 91.0 Å². The molecular weight excluding hydrogens is 593 g/mol. The number of carboxylic acids is 1. The molecule has 9 N–H and O–H groups in total. The summed E-state index contributed by atoms with van der Waals surface area (Å²) < 4.78 is 31.7. The summed E-state index contributed by atoms with van der Waals surface area (Å²) in [7, 11) is 0. The van der Waals surface area contributed by atoms with Gasteiger partial charge in [-0.3, -0.25) is 19.4 Å². The van der Waals surface area contributed by atoms with E-state index in [0.29, 0.717) is 6.42 Å². The minimum absolute atomic E-state index is 0.0556. The monoisotopic (exact) mass is 628 g/mol. The summed E-state index contributed by atoms with van der Waals surface area (Å²) in [4.78, 5) is 52.1. The highest BCUT2D eigenvalue weighted by Gasteiger charge is 2.38. The van der Waals surface area contributed by atoms with Crippen LogP contribution in [0.2, 0.25) is 0 Å².